The molecule has 0 spiro atoms. The number of fused-ring (bicyclic) bond motifs is 1. The van der Waals surface area contributed by atoms with Crippen LogP contribution in [-0.4, -0.2) is 46.2 Å². The molecule has 5 rings (SSSR count). The van der Waals surface area contributed by atoms with Gasteiger partial charge in [-0.15, -0.1) is 11.3 Å². The third-order valence-corrected chi connectivity index (χ3v) is 6.55. The van der Waals surface area contributed by atoms with E-state index in [0.29, 0.717) is 5.95 Å². The SMILES string of the molecule is CCCc1csc(-c2nc(Nc3ccc(CN4CCOCC4)cc3)nc3[nH]ccc23)c1. The maximum atomic E-state index is 5.44. The van der Waals surface area contributed by atoms with Gasteiger partial charge in [-0.2, -0.15) is 4.98 Å². The van der Waals surface area contributed by atoms with Crippen LogP contribution < -0.4 is 5.32 Å². The number of thiophene rings is 1. The van der Waals surface area contributed by atoms with Crippen LogP contribution in [0.5, 0.6) is 0 Å². The summed E-state index contributed by atoms with van der Waals surface area (Å²) in [5, 5.41) is 6.68. The minimum absolute atomic E-state index is 0.608. The Hall–Kier alpha value is -2.74. The largest absolute Gasteiger partial charge is 0.379 e. The van der Waals surface area contributed by atoms with Crippen LogP contribution in [0.3, 0.4) is 0 Å². The molecule has 4 aromatic rings. The number of aromatic nitrogens is 3. The summed E-state index contributed by atoms with van der Waals surface area (Å²) in [7, 11) is 0. The molecule has 0 radical (unpaired) electrons. The number of rotatable bonds is 7. The van der Waals surface area contributed by atoms with Crippen LogP contribution in [0.2, 0.25) is 0 Å². The number of H-pyrrole nitrogens is 1. The van der Waals surface area contributed by atoms with Gasteiger partial charge in [-0.05, 0) is 47.2 Å². The zero-order valence-corrected chi connectivity index (χ0v) is 18.5. The number of ether oxygens (including phenoxy) is 1. The Bertz CT molecular complexity index is 1140. The molecule has 6 nitrogen and oxygen atoms in total. The second-order valence-electron chi connectivity index (χ2n) is 7.92. The first-order chi connectivity index (χ1) is 15.3. The molecule has 0 saturated carbocycles. The normalized spacial score (nSPS) is 14.9. The summed E-state index contributed by atoms with van der Waals surface area (Å²) < 4.78 is 5.44. The summed E-state index contributed by atoms with van der Waals surface area (Å²) in [5.74, 6) is 0.608. The molecule has 0 amide bonds. The highest BCUT2D eigenvalue weighted by molar-refractivity contribution is 7.13. The highest BCUT2D eigenvalue weighted by Gasteiger charge is 2.14. The van der Waals surface area contributed by atoms with Gasteiger partial charge in [-0.3, -0.25) is 4.90 Å². The van der Waals surface area contributed by atoms with Crippen molar-refractivity contribution in [1.82, 2.24) is 19.9 Å². The molecular formula is C24H27N5OS. The third-order valence-electron chi connectivity index (χ3n) is 5.56. The van der Waals surface area contributed by atoms with E-state index in [0.717, 1.165) is 68.1 Å². The first kappa shape index (κ1) is 20.2. The first-order valence-corrected chi connectivity index (χ1v) is 11.8. The zero-order valence-electron chi connectivity index (χ0n) is 17.7. The third kappa shape index (κ3) is 4.63. The Morgan fingerprint density at radius 2 is 1.94 bits per heavy atom. The van der Waals surface area contributed by atoms with E-state index < -0.39 is 0 Å². The Kier molecular flexibility index (Phi) is 5.97. The van der Waals surface area contributed by atoms with Crippen molar-refractivity contribution < 1.29 is 4.74 Å². The quantitative estimate of drug-likeness (QED) is 0.419. The maximum absolute atomic E-state index is 5.44. The molecule has 3 aromatic heterocycles. The summed E-state index contributed by atoms with van der Waals surface area (Å²) in [4.78, 5) is 16.4. The van der Waals surface area contributed by atoms with E-state index in [9.17, 15) is 0 Å². The van der Waals surface area contributed by atoms with Crippen molar-refractivity contribution in [2.24, 2.45) is 0 Å². The molecule has 4 heterocycles. The fourth-order valence-corrected chi connectivity index (χ4v) is 4.90. The van der Waals surface area contributed by atoms with Crippen molar-refractivity contribution in [3.05, 3.63) is 59.1 Å². The standard InChI is InChI=1S/C24H27N5OS/c1-2-3-18-14-21(31-16-18)22-20-8-9-25-23(20)28-24(27-22)26-19-6-4-17(5-7-19)15-29-10-12-30-13-11-29/h4-9,14,16H,2-3,10-13,15H2,1H3,(H2,25,26,27,28). The van der Waals surface area contributed by atoms with E-state index in [2.05, 4.69) is 62.8 Å². The Morgan fingerprint density at radius 1 is 1.10 bits per heavy atom. The van der Waals surface area contributed by atoms with Gasteiger partial charge in [0.15, 0.2) is 0 Å². The molecule has 31 heavy (non-hydrogen) atoms. The number of nitrogens with one attached hydrogen (secondary N) is 2. The summed E-state index contributed by atoms with van der Waals surface area (Å²) in [6, 6.07) is 12.8. The monoisotopic (exact) mass is 433 g/mol. The molecule has 1 saturated heterocycles. The van der Waals surface area contributed by atoms with Crippen LogP contribution in [0.4, 0.5) is 11.6 Å². The fourth-order valence-electron chi connectivity index (χ4n) is 3.94. The summed E-state index contributed by atoms with van der Waals surface area (Å²) in [6.07, 6.45) is 4.17. The van der Waals surface area contributed by atoms with Crippen LogP contribution in [0, 0.1) is 0 Å². The average molecular weight is 434 g/mol. The van der Waals surface area contributed by atoms with Crippen molar-refractivity contribution in [2.45, 2.75) is 26.3 Å². The number of nitrogens with zero attached hydrogens (tertiary/aromatic N) is 3. The van der Waals surface area contributed by atoms with Crippen LogP contribution >= 0.6 is 11.3 Å². The molecule has 1 aliphatic rings. The molecule has 1 fully saturated rings. The van der Waals surface area contributed by atoms with Crippen molar-refractivity contribution in [2.75, 3.05) is 31.6 Å². The van der Waals surface area contributed by atoms with Crippen molar-refractivity contribution in [3.8, 4) is 10.6 Å². The lowest BCUT2D eigenvalue weighted by Crippen LogP contribution is -2.35. The molecule has 7 heteroatoms. The molecule has 0 aliphatic carbocycles. The van der Waals surface area contributed by atoms with Gasteiger partial charge in [0.2, 0.25) is 5.95 Å². The van der Waals surface area contributed by atoms with E-state index in [-0.39, 0.29) is 0 Å². The lowest BCUT2D eigenvalue weighted by molar-refractivity contribution is 0.0342. The van der Waals surface area contributed by atoms with Crippen LogP contribution in [-0.2, 0) is 17.7 Å². The van der Waals surface area contributed by atoms with E-state index in [4.69, 9.17) is 9.72 Å². The van der Waals surface area contributed by atoms with Gasteiger partial charge >= 0.3 is 0 Å². The van der Waals surface area contributed by atoms with Crippen molar-refractivity contribution >= 4 is 34.0 Å². The average Bonchev–Trinajstić information content (AvgIpc) is 3.45. The van der Waals surface area contributed by atoms with Crippen molar-refractivity contribution in [3.63, 3.8) is 0 Å². The molecule has 0 bridgehead atoms. The number of aromatic amines is 1. The minimum Gasteiger partial charge on any atom is -0.379 e. The van der Waals surface area contributed by atoms with Crippen LogP contribution in [0.1, 0.15) is 24.5 Å². The van der Waals surface area contributed by atoms with Gasteiger partial charge in [-0.25, -0.2) is 4.98 Å². The number of hydrogen-bond acceptors (Lipinski definition) is 6. The Labute approximate surface area is 186 Å². The van der Waals surface area contributed by atoms with Gasteiger partial charge in [0.05, 0.1) is 23.8 Å². The second-order valence-corrected chi connectivity index (χ2v) is 8.83. The van der Waals surface area contributed by atoms with E-state index in [1.807, 2.05) is 12.3 Å². The predicted octanol–water partition coefficient (Wildman–Crippen LogP) is 5.21. The maximum Gasteiger partial charge on any atom is 0.229 e. The molecule has 0 unspecified atom stereocenters. The molecule has 1 aliphatic heterocycles. The summed E-state index contributed by atoms with van der Waals surface area (Å²) >= 11 is 1.75. The number of aryl methyl sites for hydroxylation is 1. The first-order valence-electron chi connectivity index (χ1n) is 10.9. The van der Waals surface area contributed by atoms with E-state index >= 15 is 0 Å². The van der Waals surface area contributed by atoms with Crippen LogP contribution in [0.25, 0.3) is 21.6 Å². The summed E-state index contributed by atoms with van der Waals surface area (Å²) in [5.41, 5.74) is 5.48. The van der Waals surface area contributed by atoms with Gasteiger partial charge in [0.1, 0.15) is 5.65 Å². The predicted molar refractivity (Wildman–Crippen MR) is 127 cm³/mol. The van der Waals surface area contributed by atoms with Crippen molar-refractivity contribution in [1.29, 1.82) is 0 Å². The summed E-state index contributed by atoms with van der Waals surface area (Å²) in [6.45, 7) is 6.80. The molecule has 2 N–H and O–H groups in total. The lowest BCUT2D eigenvalue weighted by atomic mass is 10.1. The van der Waals surface area contributed by atoms with Gasteiger partial charge in [0.25, 0.3) is 0 Å². The highest BCUT2D eigenvalue weighted by Crippen LogP contribution is 2.32. The number of benzene rings is 1. The molecular weight excluding hydrogens is 406 g/mol. The van der Waals surface area contributed by atoms with Gasteiger partial charge in [-0.1, -0.05) is 25.5 Å². The minimum atomic E-state index is 0.608. The smallest absolute Gasteiger partial charge is 0.229 e. The molecule has 1 aromatic carbocycles. The topological polar surface area (TPSA) is 66.1 Å². The Morgan fingerprint density at radius 3 is 2.74 bits per heavy atom. The number of anilines is 2. The second kappa shape index (κ2) is 9.18. The fraction of sp³-hybridized carbons (Fsp3) is 0.333. The van der Waals surface area contributed by atoms with E-state index in [1.165, 1.54) is 16.0 Å². The van der Waals surface area contributed by atoms with Crippen LogP contribution in [0.15, 0.2) is 48.0 Å². The molecule has 0 atom stereocenters. The number of hydrogen-bond donors (Lipinski definition) is 2. The van der Waals surface area contributed by atoms with E-state index in [1.54, 1.807) is 11.3 Å². The molecule has 160 valence electrons. The zero-order chi connectivity index (χ0) is 21.0. The number of morpholine rings is 1. The highest BCUT2D eigenvalue weighted by atomic mass is 32.1. The van der Waals surface area contributed by atoms with Gasteiger partial charge < -0.3 is 15.0 Å². The lowest BCUT2D eigenvalue weighted by Gasteiger charge is -2.26. The Balaban J connectivity index is 1.36. The van der Waals surface area contributed by atoms with Gasteiger partial charge in [0, 0.05) is 36.9 Å².